The molecule has 0 aromatic heterocycles. The highest BCUT2D eigenvalue weighted by Gasteiger charge is 2.42. The first kappa shape index (κ1) is 26.4. The predicted octanol–water partition coefficient (Wildman–Crippen LogP) is 3.79. The zero-order valence-corrected chi connectivity index (χ0v) is 19.8. The lowest BCUT2D eigenvalue weighted by Crippen LogP contribution is -2.25. The van der Waals surface area contributed by atoms with Gasteiger partial charge in [-0.3, -0.25) is 9.59 Å². The average Bonchev–Trinajstić information content (AvgIpc) is 3.52. The van der Waals surface area contributed by atoms with E-state index in [-0.39, 0.29) is 35.8 Å². The van der Waals surface area contributed by atoms with Crippen molar-refractivity contribution in [1.82, 2.24) is 0 Å². The van der Waals surface area contributed by atoms with E-state index >= 15 is 0 Å². The molecule has 0 amide bonds. The molecule has 180 valence electrons. The van der Waals surface area contributed by atoms with E-state index in [0.29, 0.717) is 25.2 Å². The molecule has 6 nitrogen and oxygen atoms in total. The van der Waals surface area contributed by atoms with Gasteiger partial charge in [0.25, 0.3) is 0 Å². The molecular weight excluding hydrogens is 408 g/mol. The summed E-state index contributed by atoms with van der Waals surface area (Å²) in [6, 6.07) is 0. The largest absolute Gasteiger partial charge is 0.469 e. The van der Waals surface area contributed by atoms with Crippen molar-refractivity contribution in [3.8, 4) is 11.8 Å². The molecule has 0 aromatic rings. The first-order chi connectivity index (χ1) is 15.3. The van der Waals surface area contributed by atoms with Gasteiger partial charge < -0.3 is 19.7 Å². The third kappa shape index (κ3) is 9.34. The van der Waals surface area contributed by atoms with Gasteiger partial charge in [-0.1, -0.05) is 44.3 Å². The smallest absolute Gasteiger partial charge is 0.305 e. The van der Waals surface area contributed by atoms with Gasteiger partial charge in [0, 0.05) is 43.9 Å². The molecule has 0 aromatic carbocycles. The summed E-state index contributed by atoms with van der Waals surface area (Å²) < 4.78 is 10.2. The van der Waals surface area contributed by atoms with Crippen molar-refractivity contribution in [1.29, 1.82) is 0 Å². The molecule has 0 unspecified atom stereocenters. The van der Waals surface area contributed by atoms with Gasteiger partial charge in [-0.05, 0) is 31.6 Å². The molecule has 0 saturated heterocycles. The summed E-state index contributed by atoms with van der Waals surface area (Å²) in [5.41, 5.74) is 0. The second-order valence-corrected chi connectivity index (χ2v) is 9.37. The Morgan fingerprint density at radius 2 is 1.91 bits per heavy atom. The first-order valence-electron chi connectivity index (χ1n) is 12.1. The number of rotatable bonds is 12. The topological polar surface area (TPSA) is 93.1 Å². The number of ether oxygens (including phenoxy) is 2. The second-order valence-electron chi connectivity index (χ2n) is 9.37. The van der Waals surface area contributed by atoms with Crippen LogP contribution in [-0.2, 0) is 19.1 Å². The summed E-state index contributed by atoms with van der Waals surface area (Å²) in [5.74, 6) is 6.32. The maximum Gasteiger partial charge on any atom is 0.305 e. The lowest BCUT2D eigenvalue weighted by atomic mass is 9.87. The molecule has 32 heavy (non-hydrogen) atoms. The maximum absolute atomic E-state index is 11.6. The van der Waals surface area contributed by atoms with Crippen molar-refractivity contribution in [2.24, 2.45) is 23.7 Å². The number of hydrogen-bond donors (Lipinski definition) is 2. The molecule has 0 bridgehead atoms. The van der Waals surface area contributed by atoms with Crippen LogP contribution in [0.4, 0.5) is 0 Å². The van der Waals surface area contributed by atoms with Gasteiger partial charge >= 0.3 is 11.9 Å². The van der Waals surface area contributed by atoms with Crippen molar-refractivity contribution in [3.63, 3.8) is 0 Å². The Bertz CT molecular complexity index is 686. The van der Waals surface area contributed by atoms with Crippen LogP contribution in [0, 0.1) is 35.5 Å². The molecule has 0 radical (unpaired) electrons. The fourth-order valence-electron chi connectivity index (χ4n) is 4.35. The summed E-state index contributed by atoms with van der Waals surface area (Å²) >= 11 is 0. The monoisotopic (exact) mass is 448 g/mol. The predicted molar refractivity (Wildman–Crippen MR) is 122 cm³/mol. The number of aliphatic hydroxyl groups excluding tert-OH is 2. The van der Waals surface area contributed by atoms with Crippen molar-refractivity contribution in [2.75, 3.05) is 7.11 Å². The van der Waals surface area contributed by atoms with E-state index in [1.165, 1.54) is 26.9 Å². The molecule has 2 aliphatic rings. The number of carbonyl (C=O) groups is 2. The van der Waals surface area contributed by atoms with E-state index in [1.54, 1.807) is 6.08 Å². The third-order valence-corrected chi connectivity index (χ3v) is 6.52. The van der Waals surface area contributed by atoms with Crippen molar-refractivity contribution in [2.45, 2.75) is 96.4 Å². The number of unbranched alkanes of at least 4 members (excludes halogenated alkanes) is 3. The summed E-state index contributed by atoms with van der Waals surface area (Å²) in [6.07, 6.45) is 10.5. The summed E-state index contributed by atoms with van der Waals surface area (Å²) in [6.45, 7) is 3.38. The SMILES string of the molecule is COC(=O)CCCCCC[C@@H]1[C@@H](/C=C/[C@@H](O)[C@@H](C)CC#CC2CC2)[C@H](O)C[C@@H]1OC(C)=O. The molecule has 6 heteroatoms. The van der Waals surface area contributed by atoms with E-state index in [1.807, 2.05) is 13.0 Å². The van der Waals surface area contributed by atoms with Gasteiger partial charge in [-0.25, -0.2) is 0 Å². The molecule has 2 N–H and O–H groups in total. The van der Waals surface area contributed by atoms with E-state index in [4.69, 9.17) is 4.74 Å². The zero-order chi connectivity index (χ0) is 23.5. The van der Waals surface area contributed by atoms with Crippen LogP contribution in [0.2, 0.25) is 0 Å². The fraction of sp³-hybridized carbons (Fsp3) is 0.769. The molecule has 0 aliphatic heterocycles. The van der Waals surface area contributed by atoms with Crippen LogP contribution in [0.5, 0.6) is 0 Å². The molecule has 0 spiro atoms. The second kappa shape index (κ2) is 13.6. The minimum atomic E-state index is -0.623. The number of carbonyl (C=O) groups excluding carboxylic acids is 2. The lowest BCUT2D eigenvalue weighted by Gasteiger charge is -2.24. The van der Waals surface area contributed by atoms with Crippen LogP contribution < -0.4 is 0 Å². The Morgan fingerprint density at radius 1 is 1.19 bits per heavy atom. The molecule has 2 saturated carbocycles. The average molecular weight is 449 g/mol. The molecular formula is C26H40O6. The standard InChI is InChI=1S/C26H40O6/c1-18(9-8-10-20-13-14-20)23(28)16-15-21-22(25(17-24(21)29)32-19(2)27)11-6-4-5-7-12-26(30)31-3/h15-16,18,20-25,28-29H,4-7,9,11-14,17H2,1-3H3/b16-15+/t18-,21+,22+,23+,24+,25-/m0/s1. The molecule has 2 aliphatic carbocycles. The highest BCUT2D eigenvalue weighted by atomic mass is 16.5. The molecule has 2 rings (SSSR count). The van der Waals surface area contributed by atoms with Crippen LogP contribution in [0.3, 0.4) is 0 Å². The van der Waals surface area contributed by atoms with Crippen LogP contribution in [0.25, 0.3) is 0 Å². The zero-order valence-electron chi connectivity index (χ0n) is 19.8. The number of methoxy groups -OCH3 is 1. The maximum atomic E-state index is 11.6. The van der Waals surface area contributed by atoms with Gasteiger partial charge in [0.05, 0.1) is 19.3 Å². The Kier molecular flexibility index (Phi) is 11.3. The van der Waals surface area contributed by atoms with Gasteiger partial charge in [0.1, 0.15) is 6.10 Å². The fourth-order valence-corrected chi connectivity index (χ4v) is 4.35. The summed E-state index contributed by atoms with van der Waals surface area (Å²) in [7, 11) is 1.40. The van der Waals surface area contributed by atoms with Gasteiger partial charge in [-0.2, -0.15) is 0 Å². The minimum Gasteiger partial charge on any atom is -0.469 e. The summed E-state index contributed by atoms with van der Waals surface area (Å²) in [5, 5.41) is 21.2. The Morgan fingerprint density at radius 3 is 2.56 bits per heavy atom. The Balaban J connectivity index is 1.88. The van der Waals surface area contributed by atoms with E-state index in [9.17, 15) is 19.8 Å². The van der Waals surface area contributed by atoms with Crippen LogP contribution >= 0.6 is 0 Å². The molecule has 2 fully saturated rings. The lowest BCUT2D eigenvalue weighted by molar-refractivity contribution is -0.148. The van der Waals surface area contributed by atoms with Gasteiger partial charge in [0.2, 0.25) is 0 Å². The summed E-state index contributed by atoms with van der Waals surface area (Å²) in [4.78, 5) is 22.8. The van der Waals surface area contributed by atoms with Crippen LogP contribution in [0.1, 0.15) is 78.1 Å². The number of hydrogen-bond acceptors (Lipinski definition) is 6. The van der Waals surface area contributed by atoms with Gasteiger partial charge in [0.15, 0.2) is 0 Å². The van der Waals surface area contributed by atoms with Crippen molar-refractivity contribution >= 4 is 11.9 Å². The van der Waals surface area contributed by atoms with Crippen LogP contribution in [-0.4, -0.2) is 47.6 Å². The number of aliphatic hydroxyl groups is 2. The van der Waals surface area contributed by atoms with Crippen molar-refractivity contribution in [3.05, 3.63) is 12.2 Å². The number of esters is 2. The quantitative estimate of drug-likeness (QED) is 0.204. The Hall–Kier alpha value is -1.84. The first-order valence-corrected chi connectivity index (χ1v) is 12.1. The minimum absolute atomic E-state index is 0.0166. The highest BCUT2D eigenvalue weighted by Crippen LogP contribution is 2.39. The normalized spacial score (nSPS) is 26.9. The Labute approximate surface area is 192 Å². The molecule has 6 atom stereocenters. The highest BCUT2D eigenvalue weighted by molar-refractivity contribution is 5.69. The van der Waals surface area contributed by atoms with E-state index in [2.05, 4.69) is 16.6 Å². The van der Waals surface area contributed by atoms with E-state index in [0.717, 1.165) is 32.1 Å². The molecule has 0 heterocycles. The van der Waals surface area contributed by atoms with E-state index < -0.39 is 12.2 Å². The third-order valence-electron chi connectivity index (χ3n) is 6.52. The van der Waals surface area contributed by atoms with Gasteiger partial charge in [-0.15, -0.1) is 5.92 Å². The van der Waals surface area contributed by atoms with Crippen molar-refractivity contribution < 1.29 is 29.3 Å². The van der Waals surface area contributed by atoms with Crippen LogP contribution in [0.15, 0.2) is 12.2 Å².